The van der Waals surface area contributed by atoms with Crippen LogP contribution >= 0.6 is 0 Å². The summed E-state index contributed by atoms with van der Waals surface area (Å²) in [5.41, 5.74) is 0.969. The maximum Gasteiger partial charge on any atom is 0.251 e. The van der Waals surface area contributed by atoms with Gasteiger partial charge in [-0.05, 0) is 18.5 Å². The van der Waals surface area contributed by atoms with Crippen LogP contribution < -0.4 is 10.1 Å². The highest BCUT2D eigenvalue weighted by Gasteiger charge is 2.29. The Morgan fingerprint density at radius 3 is 2.71 bits per heavy atom. The Balaban J connectivity index is 1.88. The van der Waals surface area contributed by atoms with Crippen LogP contribution in [0, 0.1) is 17.6 Å². The van der Waals surface area contributed by atoms with E-state index in [0.29, 0.717) is 0 Å². The minimum atomic E-state index is -0.776. The molecule has 1 aromatic carbocycles. The Morgan fingerprint density at radius 2 is 2.05 bits per heavy atom. The summed E-state index contributed by atoms with van der Waals surface area (Å²) >= 11 is 0. The van der Waals surface area contributed by atoms with E-state index in [9.17, 15) is 8.78 Å². The van der Waals surface area contributed by atoms with Crippen molar-refractivity contribution < 1.29 is 13.5 Å². The number of hydrogen-bond donors (Lipinski definition) is 1. The molecule has 2 unspecified atom stereocenters. The second-order valence-corrected chi connectivity index (χ2v) is 5.14. The van der Waals surface area contributed by atoms with Crippen molar-refractivity contribution in [2.24, 2.45) is 5.92 Å². The average molecular weight is 290 g/mol. The van der Waals surface area contributed by atoms with Crippen LogP contribution in [0.15, 0.2) is 42.6 Å². The summed E-state index contributed by atoms with van der Waals surface area (Å²) in [4.78, 5) is 3.72. The van der Waals surface area contributed by atoms with E-state index >= 15 is 0 Å². The molecule has 1 fully saturated rings. The fourth-order valence-electron chi connectivity index (χ4n) is 2.62. The molecule has 0 amide bonds. The lowest BCUT2D eigenvalue weighted by atomic mass is 9.95. The molecule has 0 radical (unpaired) electrons. The lowest BCUT2D eigenvalue weighted by Gasteiger charge is -2.24. The normalized spacial score (nSPS) is 19.4. The molecule has 1 aromatic heterocycles. The molecule has 1 aliphatic heterocycles. The van der Waals surface area contributed by atoms with Crippen LogP contribution in [0.25, 0.3) is 0 Å². The van der Waals surface area contributed by atoms with Crippen LogP contribution in [0.1, 0.15) is 18.1 Å². The third kappa shape index (κ3) is 3.19. The van der Waals surface area contributed by atoms with Crippen LogP contribution in [0.5, 0.6) is 5.88 Å². The van der Waals surface area contributed by atoms with Crippen LogP contribution in [0.2, 0.25) is 0 Å². The largest absolute Gasteiger partial charge is 0.467 e. The topological polar surface area (TPSA) is 34.1 Å². The van der Waals surface area contributed by atoms with E-state index in [1.54, 1.807) is 0 Å². The first-order chi connectivity index (χ1) is 10.2. The van der Waals surface area contributed by atoms with E-state index in [-0.39, 0.29) is 17.9 Å². The second kappa shape index (κ2) is 6.18. The van der Waals surface area contributed by atoms with E-state index in [4.69, 9.17) is 4.74 Å². The molecule has 5 heteroatoms. The molecular formula is C16H16F2N2O. The molecule has 3 nitrogen and oxygen atoms in total. The maximum atomic E-state index is 13.8. The van der Waals surface area contributed by atoms with Gasteiger partial charge in [0.2, 0.25) is 0 Å². The molecule has 21 heavy (non-hydrogen) atoms. The van der Waals surface area contributed by atoms with Crippen LogP contribution in [-0.2, 0) is 0 Å². The Bertz CT molecular complexity index is 600. The predicted molar refractivity (Wildman–Crippen MR) is 74.9 cm³/mol. The first-order valence-corrected chi connectivity index (χ1v) is 6.97. The number of ether oxygens (including phenoxy) is 1. The van der Waals surface area contributed by atoms with Gasteiger partial charge < -0.3 is 10.1 Å². The van der Waals surface area contributed by atoms with E-state index in [0.717, 1.165) is 37.3 Å². The molecule has 1 saturated heterocycles. The molecule has 110 valence electrons. The fraction of sp³-hybridized carbons (Fsp3) is 0.312. The molecule has 2 atom stereocenters. The first-order valence-electron chi connectivity index (χ1n) is 6.97. The van der Waals surface area contributed by atoms with Gasteiger partial charge in [0.15, 0.2) is 5.82 Å². The Morgan fingerprint density at radius 1 is 1.24 bits per heavy atom. The quantitative estimate of drug-likeness (QED) is 0.939. The van der Waals surface area contributed by atoms with Gasteiger partial charge in [0.1, 0.15) is 11.9 Å². The Labute approximate surface area is 122 Å². The number of nitrogens with one attached hydrogen (secondary N) is 1. The smallest absolute Gasteiger partial charge is 0.251 e. The van der Waals surface area contributed by atoms with Crippen molar-refractivity contribution in [3.05, 3.63) is 59.8 Å². The molecule has 0 bridgehead atoms. The number of halogens is 2. The molecule has 3 rings (SSSR count). The van der Waals surface area contributed by atoms with Gasteiger partial charge in [-0.3, -0.25) is 0 Å². The van der Waals surface area contributed by atoms with Gasteiger partial charge in [-0.1, -0.05) is 30.3 Å². The summed E-state index contributed by atoms with van der Waals surface area (Å²) in [6, 6.07) is 10.4. The molecule has 0 spiro atoms. The zero-order valence-electron chi connectivity index (χ0n) is 11.4. The summed E-state index contributed by atoms with van der Waals surface area (Å²) in [7, 11) is 0. The average Bonchev–Trinajstić information content (AvgIpc) is 3.01. The van der Waals surface area contributed by atoms with Gasteiger partial charge in [0, 0.05) is 18.5 Å². The predicted octanol–water partition coefficient (Wildman–Crippen LogP) is 3.09. The van der Waals surface area contributed by atoms with Crippen molar-refractivity contribution in [1.82, 2.24) is 10.3 Å². The minimum absolute atomic E-state index is 0.155. The number of hydrogen-bond acceptors (Lipinski definition) is 3. The lowest BCUT2D eigenvalue weighted by Crippen LogP contribution is -2.22. The van der Waals surface area contributed by atoms with E-state index in [1.165, 1.54) is 0 Å². The van der Waals surface area contributed by atoms with Crippen molar-refractivity contribution >= 4 is 0 Å². The SMILES string of the molecule is Fc1cnc(OC(c2ccccc2)C2CCNC2)c(F)c1. The maximum absolute atomic E-state index is 13.8. The third-order valence-corrected chi connectivity index (χ3v) is 3.67. The van der Waals surface area contributed by atoms with E-state index in [1.807, 2.05) is 30.3 Å². The number of pyridine rings is 1. The highest BCUT2D eigenvalue weighted by molar-refractivity contribution is 5.22. The molecule has 2 heterocycles. The molecule has 1 aliphatic rings. The van der Waals surface area contributed by atoms with Gasteiger partial charge >= 0.3 is 0 Å². The van der Waals surface area contributed by atoms with Gasteiger partial charge in [0.25, 0.3) is 5.88 Å². The number of rotatable bonds is 4. The third-order valence-electron chi connectivity index (χ3n) is 3.67. The lowest BCUT2D eigenvalue weighted by molar-refractivity contribution is 0.131. The van der Waals surface area contributed by atoms with Gasteiger partial charge in [-0.15, -0.1) is 0 Å². The fourth-order valence-corrected chi connectivity index (χ4v) is 2.62. The Kier molecular flexibility index (Phi) is 4.10. The molecule has 0 aliphatic carbocycles. The summed E-state index contributed by atoms with van der Waals surface area (Å²) in [5.74, 6) is -1.41. The highest BCUT2D eigenvalue weighted by atomic mass is 19.1. The molecule has 0 saturated carbocycles. The van der Waals surface area contributed by atoms with Crippen molar-refractivity contribution in [3.63, 3.8) is 0 Å². The summed E-state index contributed by atoms with van der Waals surface area (Å²) in [6.07, 6.45) is 1.61. The number of benzene rings is 1. The number of nitrogens with zero attached hydrogens (tertiary/aromatic N) is 1. The Hall–Kier alpha value is -2.01. The monoisotopic (exact) mass is 290 g/mol. The molecule has 2 aromatic rings. The zero-order chi connectivity index (χ0) is 14.7. The summed E-state index contributed by atoms with van der Waals surface area (Å²) in [6.45, 7) is 1.72. The van der Waals surface area contributed by atoms with E-state index < -0.39 is 11.6 Å². The minimum Gasteiger partial charge on any atom is -0.467 e. The van der Waals surface area contributed by atoms with Gasteiger partial charge in [-0.25, -0.2) is 13.8 Å². The second-order valence-electron chi connectivity index (χ2n) is 5.14. The highest BCUT2D eigenvalue weighted by Crippen LogP contribution is 2.32. The standard InChI is InChI=1S/C16H16F2N2O/c17-13-8-14(18)16(20-10-13)21-15(12-6-7-19-9-12)11-4-2-1-3-5-11/h1-5,8,10,12,15,19H,6-7,9H2. The van der Waals surface area contributed by atoms with Crippen molar-refractivity contribution in [3.8, 4) is 5.88 Å². The summed E-state index contributed by atoms with van der Waals surface area (Å²) < 4.78 is 32.5. The molecule has 1 N–H and O–H groups in total. The van der Waals surface area contributed by atoms with Crippen molar-refractivity contribution in [1.29, 1.82) is 0 Å². The van der Waals surface area contributed by atoms with Gasteiger partial charge in [-0.2, -0.15) is 0 Å². The van der Waals surface area contributed by atoms with Gasteiger partial charge in [0.05, 0.1) is 6.20 Å². The van der Waals surface area contributed by atoms with E-state index in [2.05, 4.69) is 10.3 Å². The number of aromatic nitrogens is 1. The molecular weight excluding hydrogens is 274 g/mol. The van der Waals surface area contributed by atoms with Crippen molar-refractivity contribution in [2.45, 2.75) is 12.5 Å². The van der Waals surface area contributed by atoms with Crippen molar-refractivity contribution in [2.75, 3.05) is 13.1 Å². The zero-order valence-corrected chi connectivity index (χ0v) is 11.4. The van der Waals surface area contributed by atoms with Crippen LogP contribution in [0.4, 0.5) is 8.78 Å². The van der Waals surface area contributed by atoms with Crippen LogP contribution in [-0.4, -0.2) is 18.1 Å². The first kappa shape index (κ1) is 13.9. The van der Waals surface area contributed by atoms with Crippen LogP contribution in [0.3, 0.4) is 0 Å². The summed E-state index contributed by atoms with van der Waals surface area (Å²) in [5, 5.41) is 3.28.